The summed E-state index contributed by atoms with van der Waals surface area (Å²) in [7, 11) is 0. The standard InChI is InChI=1S/C16H19BrClN5/c17-12-3-1-11(2-4-12)10-23-7-5-13(6-8-23)20-15-9-14(18)21-16(19)22-15/h1-4,9,13H,5-8,10H2,(H3,19,20,21,22). The molecular weight excluding hydrogens is 378 g/mol. The van der Waals surface area contributed by atoms with Gasteiger partial charge in [-0.3, -0.25) is 4.90 Å². The van der Waals surface area contributed by atoms with E-state index in [9.17, 15) is 0 Å². The molecule has 0 amide bonds. The first-order valence-electron chi connectivity index (χ1n) is 7.62. The van der Waals surface area contributed by atoms with Crippen LogP contribution in [-0.4, -0.2) is 34.0 Å². The number of nitrogens with zero attached hydrogens (tertiary/aromatic N) is 3. The van der Waals surface area contributed by atoms with Crippen LogP contribution in [0.1, 0.15) is 18.4 Å². The number of rotatable bonds is 4. The molecule has 0 unspecified atom stereocenters. The Hall–Kier alpha value is -1.37. The molecule has 1 aromatic heterocycles. The Kier molecular flexibility index (Phi) is 5.35. The zero-order chi connectivity index (χ0) is 16.2. The van der Waals surface area contributed by atoms with Crippen LogP contribution in [0.25, 0.3) is 0 Å². The van der Waals surface area contributed by atoms with E-state index in [0.29, 0.717) is 17.0 Å². The lowest BCUT2D eigenvalue weighted by Gasteiger charge is -2.32. The Morgan fingerprint density at radius 3 is 2.57 bits per heavy atom. The average molecular weight is 397 g/mol. The smallest absolute Gasteiger partial charge is 0.223 e. The quantitative estimate of drug-likeness (QED) is 0.774. The third-order valence-corrected chi connectivity index (χ3v) is 4.69. The van der Waals surface area contributed by atoms with E-state index in [1.807, 2.05) is 0 Å². The van der Waals surface area contributed by atoms with Crippen LogP contribution < -0.4 is 11.1 Å². The van der Waals surface area contributed by atoms with Crippen LogP contribution >= 0.6 is 27.5 Å². The molecule has 1 saturated heterocycles. The third kappa shape index (κ3) is 4.80. The first kappa shape index (κ1) is 16.5. The molecule has 3 N–H and O–H groups in total. The number of nitrogens with one attached hydrogen (secondary N) is 1. The molecule has 2 aromatic rings. The van der Waals surface area contributed by atoms with E-state index < -0.39 is 0 Å². The van der Waals surface area contributed by atoms with Crippen molar-refractivity contribution in [3.63, 3.8) is 0 Å². The number of halogens is 2. The first-order valence-corrected chi connectivity index (χ1v) is 8.79. The highest BCUT2D eigenvalue weighted by Crippen LogP contribution is 2.20. The minimum absolute atomic E-state index is 0.202. The fraction of sp³-hybridized carbons (Fsp3) is 0.375. The van der Waals surface area contributed by atoms with E-state index in [4.69, 9.17) is 17.3 Å². The maximum atomic E-state index is 5.91. The average Bonchev–Trinajstić information content (AvgIpc) is 2.50. The van der Waals surface area contributed by atoms with Gasteiger partial charge >= 0.3 is 0 Å². The molecule has 1 aliphatic heterocycles. The number of piperidine rings is 1. The van der Waals surface area contributed by atoms with Crippen LogP contribution in [-0.2, 0) is 6.54 Å². The lowest BCUT2D eigenvalue weighted by Crippen LogP contribution is -2.38. The summed E-state index contributed by atoms with van der Waals surface area (Å²) in [5, 5.41) is 3.77. The summed E-state index contributed by atoms with van der Waals surface area (Å²) in [6, 6.07) is 10.6. The van der Waals surface area contributed by atoms with Crippen molar-refractivity contribution in [2.45, 2.75) is 25.4 Å². The molecule has 1 fully saturated rings. The summed E-state index contributed by atoms with van der Waals surface area (Å²) in [4.78, 5) is 10.5. The number of anilines is 2. The summed E-state index contributed by atoms with van der Waals surface area (Å²) in [6.45, 7) is 3.11. The van der Waals surface area contributed by atoms with Crippen LogP contribution in [0.4, 0.5) is 11.8 Å². The van der Waals surface area contributed by atoms with Gasteiger partial charge in [0.15, 0.2) is 0 Å². The van der Waals surface area contributed by atoms with Crippen molar-refractivity contribution in [2.75, 3.05) is 24.1 Å². The lowest BCUT2D eigenvalue weighted by atomic mass is 10.0. The van der Waals surface area contributed by atoms with Gasteiger partial charge in [0.2, 0.25) is 5.95 Å². The van der Waals surface area contributed by atoms with E-state index >= 15 is 0 Å². The summed E-state index contributed by atoms with van der Waals surface area (Å²) in [5.41, 5.74) is 6.97. The molecule has 7 heteroatoms. The first-order chi connectivity index (χ1) is 11.1. The topological polar surface area (TPSA) is 67.1 Å². The lowest BCUT2D eigenvalue weighted by molar-refractivity contribution is 0.211. The molecule has 0 bridgehead atoms. The Bertz CT molecular complexity index is 636. The van der Waals surface area contributed by atoms with Crippen molar-refractivity contribution in [2.24, 2.45) is 0 Å². The second-order valence-electron chi connectivity index (χ2n) is 5.76. The largest absolute Gasteiger partial charge is 0.368 e. The predicted molar refractivity (Wildman–Crippen MR) is 97.5 cm³/mol. The maximum absolute atomic E-state index is 5.91. The number of benzene rings is 1. The molecule has 23 heavy (non-hydrogen) atoms. The maximum Gasteiger partial charge on any atom is 0.223 e. The van der Waals surface area contributed by atoms with E-state index in [1.54, 1.807) is 6.07 Å². The number of hydrogen-bond donors (Lipinski definition) is 2. The van der Waals surface area contributed by atoms with Crippen LogP contribution in [0, 0.1) is 0 Å². The van der Waals surface area contributed by atoms with E-state index in [0.717, 1.165) is 36.9 Å². The monoisotopic (exact) mass is 395 g/mol. The highest BCUT2D eigenvalue weighted by atomic mass is 79.9. The Morgan fingerprint density at radius 1 is 1.22 bits per heavy atom. The highest BCUT2D eigenvalue weighted by Gasteiger charge is 2.19. The zero-order valence-electron chi connectivity index (χ0n) is 12.7. The van der Waals surface area contributed by atoms with Gasteiger partial charge in [0.1, 0.15) is 11.0 Å². The SMILES string of the molecule is Nc1nc(Cl)cc(NC2CCN(Cc3ccc(Br)cc3)CC2)n1. The number of aromatic nitrogens is 2. The van der Waals surface area contributed by atoms with Gasteiger partial charge in [-0.05, 0) is 30.5 Å². The predicted octanol–water partition coefficient (Wildman–Crippen LogP) is 3.55. The fourth-order valence-corrected chi connectivity index (χ4v) is 3.26. The molecule has 0 atom stereocenters. The highest BCUT2D eigenvalue weighted by molar-refractivity contribution is 9.10. The van der Waals surface area contributed by atoms with Crippen LogP contribution in [0.2, 0.25) is 5.15 Å². The molecule has 1 aromatic carbocycles. The van der Waals surface area contributed by atoms with Crippen molar-refractivity contribution < 1.29 is 0 Å². The summed E-state index contributed by atoms with van der Waals surface area (Å²) < 4.78 is 1.12. The van der Waals surface area contributed by atoms with Gasteiger partial charge in [-0.1, -0.05) is 39.7 Å². The molecule has 0 radical (unpaired) electrons. The van der Waals surface area contributed by atoms with Crippen LogP contribution in [0.5, 0.6) is 0 Å². The molecule has 1 aliphatic rings. The number of nitrogen functional groups attached to an aromatic ring is 1. The number of likely N-dealkylation sites (tertiary alicyclic amines) is 1. The minimum atomic E-state index is 0.202. The molecule has 3 rings (SSSR count). The molecule has 2 heterocycles. The van der Waals surface area contributed by atoms with Crippen molar-refractivity contribution >= 4 is 39.3 Å². The van der Waals surface area contributed by atoms with Gasteiger partial charge in [0.05, 0.1) is 0 Å². The van der Waals surface area contributed by atoms with E-state index in [-0.39, 0.29) is 5.95 Å². The van der Waals surface area contributed by atoms with Gasteiger partial charge in [0.25, 0.3) is 0 Å². The Morgan fingerprint density at radius 2 is 1.91 bits per heavy atom. The molecule has 0 saturated carbocycles. The van der Waals surface area contributed by atoms with Crippen LogP contribution in [0.15, 0.2) is 34.8 Å². The Balaban J connectivity index is 1.51. The summed E-state index contributed by atoms with van der Waals surface area (Å²) in [6.07, 6.45) is 2.14. The summed E-state index contributed by atoms with van der Waals surface area (Å²) >= 11 is 9.38. The second-order valence-corrected chi connectivity index (χ2v) is 7.06. The minimum Gasteiger partial charge on any atom is -0.368 e. The molecule has 5 nitrogen and oxygen atoms in total. The van der Waals surface area contributed by atoms with Crippen molar-refractivity contribution in [1.29, 1.82) is 0 Å². The fourth-order valence-electron chi connectivity index (χ4n) is 2.80. The molecule has 0 aliphatic carbocycles. The second kappa shape index (κ2) is 7.47. The van der Waals surface area contributed by atoms with E-state index in [1.165, 1.54) is 5.56 Å². The Labute approximate surface area is 149 Å². The van der Waals surface area contributed by atoms with Gasteiger partial charge < -0.3 is 11.1 Å². The summed E-state index contributed by atoms with van der Waals surface area (Å²) in [5.74, 6) is 0.904. The zero-order valence-corrected chi connectivity index (χ0v) is 15.0. The van der Waals surface area contributed by atoms with Crippen molar-refractivity contribution in [1.82, 2.24) is 14.9 Å². The van der Waals surface area contributed by atoms with Crippen molar-refractivity contribution in [3.05, 3.63) is 45.5 Å². The van der Waals surface area contributed by atoms with Gasteiger partial charge in [-0.2, -0.15) is 4.98 Å². The van der Waals surface area contributed by atoms with Gasteiger partial charge in [-0.25, -0.2) is 4.98 Å². The molecular formula is C16H19BrClN5. The van der Waals surface area contributed by atoms with E-state index in [2.05, 4.69) is 60.4 Å². The molecule has 0 spiro atoms. The molecule has 122 valence electrons. The van der Waals surface area contributed by atoms with Gasteiger partial charge in [-0.15, -0.1) is 0 Å². The number of hydrogen-bond acceptors (Lipinski definition) is 5. The van der Waals surface area contributed by atoms with Crippen LogP contribution in [0.3, 0.4) is 0 Å². The third-order valence-electron chi connectivity index (χ3n) is 3.97. The van der Waals surface area contributed by atoms with Crippen molar-refractivity contribution in [3.8, 4) is 0 Å². The number of nitrogens with two attached hydrogens (primary N) is 1. The van der Waals surface area contributed by atoms with Gasteiger partial charge in [0, 0.05) is 36.2 Å². The normalized spacial score (nSPS) is 16.4.